The molecule has 0 spiro atoms. The molecule has 0 aliphatic rings. The summed E-state index contributed by atoms with van der Waals surface area (Å²) in [6.07, 6.45) is 4.48. The zero-order valence-corrected chi connectivity index (χ0v) is 14.1. The number of imidazole rings is 2. The molecule has 6 nitrogen and oxygen atoms in total. The number of rotatable bonds is 5. The first-order valence-electron chi connectivity index (χ1n) is 8.01. The van der Waals surface area contributed by atoms with Gasteiger partial charge in [-0.3, -0.25) is 4.79 Å². The van der Waals surface area contributed by atoms with Crippen molar-refractivity contribution < 1.29 is 4.79 Å². The Labute approximate surface area is 148 Å². The number of nitrogens with zero attached hydrogens (tertiary/aromatic N) is 3. The number of fused-ring (bicyclic) bond motifs is 2. The SMILES string of the molecule is O=C(Cc1cn2cc(Cl)ccc2n1)NCCc1nc2ccccc2[nH]1. The predicted octanol–water partition coefficient (Wildman–Crippen LogP) is 2.77. The zero-order chi connectivity index (χ0) is 17.2. The molecular formula is C18H16ClN5O. The minimum Gasteiger partial charge on any atom is -0.355 e. The van der Waals surface area contributed by atoms with E-state index in [1.807, 2.05) is 40.9 Å². The third-order valence-corrected chi connectivity index (χ3v) is 4.15. The highest BCUT2D eigenvalue weighted by molar-refractivity contribution is 6.30. The average Bonchev–Trinajstić information content (AvgIpc) is 3.17. The van der Waals surface area contributed by atoms with E-state index in [0.717, 1.165) is 22.5 Å². The molecule has 0 radical (unpaired) electrons. The minimum absolute atomic E-state index is 0.0642. The van der Waals surface area contributed by atoms with Crippen LogP contribution in [0.2, 0.25) is 5.02 Å². The summed E-state index contributed by atoms with van der Waals surface area (Å²) in [4.78, 5) is 24.3. The number of benzene rings is 1. The Morgan fingerprint density at radius 1 is 1.16 bits per heavy atom. The van der Waals surface area contributed by atoms with Crippen molar-refractivity contribution in [2.45, 2.75) is 12.8 Å². The molecule has 0 saturated heterocycles. The van der Waals surface area contributed by atoms with E-state index in [4.69, 9.17) is 11.6 Å². The molecule has 126 valence electrons. The highest BCUT2D eigenvalue weighted by Gasteiger charge is 2.08. The number of aromatic amines is 1. The molecule has 4 aromatic rings. The number of hydrogen-bond donors (Lipinski definition) is 2. The molecule has 0 bridgehead atoms. The highest BCUT2D eigenvalue weighted by atomic mass is 35.5. The Balaban J connectivity index is 1.33. The third kappa shape index (κ3) is 3.49. The summed E-state index contributed by atoms with van der Waals surface area (Å²) >= 11 is 5.95. The van der Waals surface area contributed by atoms with Gasteiger partial charge in [0.1, 0.15) is 11.5 Å². The highest BCUT2D eigenvalue weighted by Crippen LogP contribution is 2.12. The Morgan fingerprint density at radius 3 is 2.92 bits per heavy atom. The van der Waals surface area contributed by atoms with Gasteiger partial charge in [-0.2, -0.15) is 0 Å². The number of amides is 1. The Bertz CT molecular complexity index is 1020. The second kappa shape index (κ2) is 6.57. The van der Waals surface area contributed by atoms with Gasteiger partial charge in [0, 0.05) is 25.4 Å². The maximum absolute atomic E-state index is 12.1. The van der Waals surface area contributed by atoms with E-state index in [1.165, 1.54) is 0 Å². The quantitative estimate of drug-likeness (QED) is 0.579. The van der Waals surface area contributed by atoms with Crippen LogP contribution in [0.1, 0.15) is 11.5 Å². The summed E-state index contributed by atoms with van der Waals surface area (Å²) in [5.74, 6) is 0.800. The fraction of sp³-hybridized carbons (Fsp3) is 0.167. The fourth-order valence-corrected chi connectivity index (χ4v) is 2.94. The lowest BCUT2D eigenvalue weighted by Gasteiger charge is -2.02. The number of para-hydroxylation sites is 2. The summed E-state index contributed by atoms with van der Waals surface area (Å²) < 4.78 is 1.82. The minimum atomic E-state index is -0.0642. The summed E-state index contributed by atoms with van der Waals surface area (Å²) in [6.45, 7) is 0.526. The third-order valence-electron chi connectivity index (χ3n) is 3.93. The van der Waals surface area contributed by atoms with Crippen LogP contribution >= 0.6 is 11.6 Å². The first-order chi connectivity index (χ1) is 12.2. The second-order valence-electron chi connectivity index (χ2n) is 5.82. The normalized spacial score (nSPS) is 11.2. The first kappa shape index (κ1) is 15.7. The molecule has 25 heavy (non-hydrogen) atoms. The van der Waals surface area contributed by atoms with E-state index >= 15 is 0 Å². The molecule has 0 unspecified atom stereocenters. The Morgan fingerprint density at radius 2 is 2.04 bits per heavy atom. The Hall–Kier alpha value is -2.86. The summed E-state index contributed by atoms with van der Waals surface area (Å²) in [5, 5.41) is 3.54. The van der Waals surface area contributed by atoms with Gasteiger partial charge in [-0.25, -0.2) is 9.97 Å². The average molecular weight is 354 g/mol. The molecule has 3 aromatic heterocycles. The van der Waals surface area contributed by atoms with Gasteiger partial charge in [0.05, 0.1) is 28.2 Å². The largest absolute Gasteiger partial charge is 0.355 e. The molecule has 1 amide bonds. The lowest BCUT2D eigenvalue weighted by Crippen LogP contribution is -2.27. The van der Waals surface area contributed by atoms with Crippen molar-refractivity contribution in [2.24, 2.45) is 0 Å². The molecule has 2 N–H and O–H groups in total. The van der Waals surface area contributed by atoms with E-state index in [-0.39, 0.29) is 12.3 Å². The van der Waals surface area contributed by atoms with E-state index in [9.17, 15) is 4.79 Å². The van der Waals surface area contributed by atoms with E-state index < -0.39 is 0 Å². The maximum atomic E-state index is 12.1. The summed E-state index contributed by atoms with van der Waals surface area (Å²) in [6, 6.07) is 11.5. The van der Waals surface area contributed by atoms with Gasteiger partial charge < -0.3 is 14.7 Å². The van der Waals surface area contributed by atoms with E-state index in [1.54, 1.807) is 12.3 Å². The monoisotopic (exact) mass is 353 g/mol. The van der Waals surface area contributed by atoms with Crippen molar-refractivity contribution in [3.05, 3.63) is 65.3 Å². The van der Waals surface area contributed by atoms with Crippen molar-refractivity contribution in [1.29, 1.82) is 0 Å². The van der Waals surface area contributed by atoms with Gasteiger partial charge in [0.25, 0.3) is 0 Å². The van der Waals surface area contributed by atoms with Crippen LogP contribution in [0, 0.1) is 0 Å². The van der Waals surface area contributed by atoms with Crippen LogP contribution in [-0.4, -0.2) is 31.8 Å². The number of carbonyl (C=O) groups excluding carboxylic acids is 1. The molecule has 7 heteroatoms. The van der Waals surface area contributed by atoms with E-state index in [2.05, 4.69) is 20.3 Å². The van der Waals surface area contributed by atoms with Gasteiger partial charge in [-0.05, 0) is 24.3 Å². The summed E-state index contributed by atoms with van der Waals surface area (Å²) in [7, 11) is 0. The van der Waals surface area contributed by atoms with Crippen molar-refractivity contribution in [3.63, 3.8) is 0 Å². The van der Waals surface area contributed by atoms with Crippen molar-refractivity contribution >= 4 is 34.2 Å². The molecule has 0 fully saturated rings. The molecule has 3 heterocycles. The topological polar surface area (TPSA) is 75.1 Å². The van der Waals surface area contributed by atoms with Crippen LogP contribution < -0.4 is 5.32 Å². The summed E-state index contributed by atoms with van der Waals surface area (Å²) in [5.41, 5.74) is 3.43. The van der Waals surface area contributed by atoms with Gasteiger partial charge in [0.2, 0.25) is 5.91 Å². The molecule has 0 aliphatic heterocycles. The maximum Gasteiger partial charge on any atom is 0.226 e. The van der Waals surface area contributed by atoms with Crippen LogP contribution in [-0.2, 0) is 17.6 Å². The lowest BCUT2D eigenvalue weighted by molar-refractivity contribution is -0.120. The van der Waals surface area contributed by atoms with Crippen LogP contribution in [0.3, 0.4) is 0 Å². The molecular weight excluding hydrogens is 338 g/mol. The standard InChI is InChI=1S/C18H16ClN5O/c19-12-5-6-17-21-13(11-24(17)10-12)9-18(25)20-8-7-16-22-14-3-1-2-4-15(14)23-16/h1-6,10-11H,7-9H2,(H,20,25)(H,22,23). The van der Waals surface area contributed by atoms with Gasteiger partial charge in [0.15, 0.2) is 0 Å². The number of carbonyl (C=O) groups is 1. The number of aromatic nitrogens is 4. The molecule has 0 aliphatic carbocycles. The number of nitrogens with one attached hydrogen (secondary N) is 2. The molecule has 0 saturated carbocycles. The van der Waals surface area contributed by atoms with Crippen LogP contribution in [0.4, 0.5) is 0 Å². The van der Waals surface area contributed by atoms with Crippen molar-refractivity contribution in [2.75, 3.05) is 6.54 Å². The zero-order valence-electron chi connectivity index (χ0n) is 13.4. The van der Waals surface area contributed by atoms with Gasteiger partial charge in [-0.15, -0.1) is 0 Å². The second-order valence-corrected chi connectivity index (χ2v) is 6.26. The van der Waals surface area contributed by atoms with Crippen molar-refractivity contribution in [3.8, 4) is 0 Å². The molecule has 0 atom stereocenters. The van der Waals surface area contributed by atoms with Gasteiger partial charge >= 0.3 is 0 Å². The lowest BCUT2D eigenvalue weighted by atomic mass is 10.3. The first-order valence-corrected chi connectivity index (χ1v) is 8.39. The van der Waals surface area contributed by atoms with Crippen LogP contribution in [0.15, 0.2) is 48.8 Å². The Kier molecular flexibility index (Phi) is 4.11. The van der Waals surface area contributed by atoms with Crippen LogP contribution in [0.25, 0.3) is 16.7 Å². The smallest absolute Gasteiger partial charge is 0.226 e. The van der Waals surface area contributed by atoms with Crippen molar-refractivity contribution in [1.82, 2.24) is 24.7 Å². The molecule has 1 aromatic carbocycles. The van der Waals surface area contributed by atoms with Gasteiger partial charge in [-0.1, -0.05) is 23.7 Å². The number of H-pyrrole nitrogens is 1. The fourth-order valence-electron chi connectivity index (χ4n) is 2.77. The molecule has 4 rings (SSSR count). The van der Waals surface area contributed by atoms with Crippen LogP contribution in [0.5, 0.6) is 0 Å². The predicted molar refractivity (Wildman–Crippen MR) is 96.7 cm³/mol. The number of hydrogen-bond acceptors (Lipinski definition) is 3. The van der Waals surface area contributed by atoms with E-state index in [0.29, 0.717) is 23.7 Å². The number of halogens is 1. The number of pyridine rings is 1.